The van der Waals surface area contributed by atoms with Gasteiger partial charge in [0.2, 0.25) is 0 Å². The normalized spacial score (nSPS) is 25.2. The Kier molecular flexibility index (Phi) is 5.04. The number of rotatable bonds is 4. The van der Waals surface area contributed by atoms with E-state index in [1.54, 1.807) is 0 Å². The Bertz CT molecular complexity index is 250. The van der Waals surface area contributed by atoms with Gasteiger partial charge >= 0.3 is 5.97 Å². The van der Waals surface area contributed by atoms with E-state index in [0.29, 0.717) is 12.1 Å². The highest BCUT2D eigenvalue weighted by Crippen LogP contribution is 2.31. The number of carbonyl (C=O) groups is 1. The summed E-state index contributed by atoms with van der Waals surface area (Å²) in [6, 6.07) is 0.733. The van der Waals surface area contributed by atoms with E-state index in [2.05, 4.69) is 4.90 Å². The van der Waals surface area contributed by atoms with Crippen molar-refractivity contribution in [2.24, 2.45) is 0 Å². The minimum atomic E-state index is -0.647. The zero-order chi connectivity index (χ0) is 13.0. The summed E-state index contributed by atoms with van der Waals surface area (Å²) in [6.07, 6.45) is 12.6. The molecule has 0 unspecified atom stereocenters. The zero-order valence-corrected chi connectivity index (χ0v) is 11.6. The molecule has 2 aliphatic carbocycles. The number of nitrogens with zero attached hydrogens (tertiary/aromatic N) is 1. The van der Waals surface area contributed by atoms with Crippen molar-refractivity contribution in [2.45, 2.75) is 89.3 Å². The lowest BCUT2D eigenvalue weighted by Gasteiger charge is -2.43. The van der Waals surface area contributed by atoms with Crippen LogP contribution in [0.25, 0.3) is 0 Å². The topological polar surface area (TPSA) is 40.5 Å². The average molecular weight is 253 g/mol. The highest BCUT2D eigenvalue weighted by atomic mass is 16.4. The van der Waals surface area contributed by atoms with Crippen molar-refractivity contribution in [1.29, 1.82) is 0 Å². The Labute approximate surface area is 111 Å². The van der Waals surface area contributed by atoms with E-state index >= 15 is 0 Å². The van der Waals surface area contributed by atoms with Crippen LogP contribution in [0.4, 0.5) is 0 Å². The van der Waals surface area contributed by atoms with E-state index in [1.165, 1.54) is 64.2 Å². The van der Waals surface area contributed by atoms with Crippen molar-refractivity contribution in [2.75, 3.05) is 0 Å². The zero-order valence-electron chi connectivity index (χ0n) is 11.6. The van der Waals surface area contributed by atoms with Gasteiger partial charge < -0.3 is 5.11 Å². The molecule has 0 saturated heterocycles. The summed E-state index contributed by atoms with van der Waals surface area (Å²) in [7, 11) is 0. The standard InChI is InChI=1S/C15H27NO2/c1-12(15(17)18)16(13-8-4-2-5-9-13)14-10-6-3-7-11-14/h12-14H,2-11H2,1H3,(H,17,18)/t12-/m1/s1. The van der Waals surface area contributed by atoms with Gasteiger partial charge in [0.1, 0.15) is 6.04 Å². The summed E-state index contributed by atoms with van der Waals surface area (Å²) in [4.78, 5) is 13.7. The van der Waals surface area contributed by atoms with Gasteiger partial charge in [-0.05, 0) is 32.6 Å². The highest BCUT2D eigenvalue weighted by Gasteiger charge is 2.34. The van der Waals surface area contributed by atoms with Gasteiger partial charge in [0.25, 0.3) is 0 Å². The molecule has 2 rings (SSSR count). The molecule has 3 heteroatoms. The molecule has 1 N–H and O–H groups in total. The third-order valence-corrected chi connectivity index (χ3v) is 4.80. The third-order valence-electron chi connectivity index (χ3n) is 4.80. The van der Waals surface area contributed by atoms with Crippen molar-refractivity contribution in [3.05, 3.63) is 0 Å². The molecule has 0 bridgehead atoms. The summed E-state index contributed by atoms with van der Waals surface area (Å²) >= 11 is 0. The Morgan fingerprint density at radius 1 is 0.944 bits per heavy atom. The van der Waals surface area contributed by atoms with E-state index in [9.17, 15) is 9.90 Å². The molecule has 18 heavy (non-hydrogen) atoms. The molecule has 0 radical (unpaired) electrons. The van der Waals surface area contributed by atoms with E-state index in [1.807, 2.05) is 6.92 Å². The van der Waals surface area contributed by atoms with Crippen LogP contribution in [0.1, 0.15) is 71.1 Å². The second-order valence-corrected chi connectivity index (χ2v) is 6.05. The largest absolute Gasteiger partial charge is 0.480 e. The molecule has 104 valence electrons. The van der Waals surface area contributed by atoms with E-state index in [4.69, 9.17) is 0 Å². The first-order chi connectivity index (χ1) is 8.70. The van der Waals surface area contributed by atoms with Gasteiger partial charge in [0, 0.05) is 12.1 Å². The molecule has 0 aromatic carbocycles. The lowest BCUT2D eigenvalue weighted by Crippen LogP contribution is -2.52. The molecule has 2 saturated carbocycles. The van der Waals surface area contributed by atoms with Crippen LogP contribution >= 0.6 is 0 Å². The monoisotopic (exact) mass is 253 g/mol. The van der Waals surface area contributed by atoms with Crippen molar-refractivity contribution < 1.29 is 9.90 Å². The third kappa shape index (κ3) is 3.25. The molecular formula is C15H27NO2. The lowest BCUT2D eigenvalue weighted by atomic mass is 9.87. The maximum absolute atomic E-state index is 11.4. The first kappa shape index (κ1) is 13.9. The molecule has 3 nitrogen and oxygen atoms in total. The Morgan fingerprint density at radius 3 is 1.67 bits per heavy atom. The van der Waals surface area contributed by atoms with Crippen LogP contribution in [0.3, 0.4) is 0 Å². The first-order valence-corrected chi connectivity index (χ1v) is 7.70. The number of hydrogen-bond acceptors (Lipinski definition) is 2. The molecule has 0 heterocycles. The highest BCUT2D eigenvalue weighted by molar-refractivity contribution is 5.73. The number of hydrogen-bond donors (Lipinski definition) is 1. The maximum atomic E-state index is 11.4. The second kappa shape index (κ2) is 6.55. The predicted molar refractivity (Wildman–Crippen MR) is 72.7 cm³/mol. The van der Waals surface area contributed by atoms with Crippen LogP contribution in [0.15, 0.2) is 0 Å². The van der Waals surface area contributed by atoms with E-state index in [-0.39, 0.29) is 6.04 Å². The minimum absolute atomic E-state index is 0.309. The van der Waals surface area contributed by atoms with Gasteiger partial charge in [-0.1, -0.05) is 38.5 Å². The Hall–Kier alpha value is -0.570. The van der Waals surface area contributed by atoms with Crippen LogP contribution in [0.2, 0.25) is 0 Å². The fourth-order valence-corrected chi connectivity index (χ4v) is 3.82. The smallest absolute Gasteiger partial charge is 0.320 e. The predicted octanol–water partition coefficient (Wildman–Crippen LogP) is 3.43. The molecule has 1 atom stereocenters. The molecule has 2 fully saturated rings. The molecule has 0 aliphatic heterocycles. The summed E-state index contributed by atoms with van der Waals surface area (Å²) in [5, 5.41) is 9.37. The van der Waals surface area contributed by atoms with Crippen molar-refractivity contribution >= 4 is 5.97 Å². The molecule has 0 aromatic heterocycles. The Balaban J connectivity index is 2.07. The second-order valence-electron chi connectivity index (χ2n) is 6.05. The van der Waals surface area contributed by atoms with Crippen molar-refractivity contribution in [3.63, 3.8) is 0 Å². The van der Waals surface area contributed by atoms with Gasteiger partial charge in [-0.3, -0.25) is 9.69 Å². The molecular weight excluding hydrogens is 226 g/mol. The van der Waals surface area contributed by atoms with Crippen LogP contribution in [-0.2, 0) is 4.79 Å². The van der Waals surface area contributed by atoms with Crippen LogP contribution in [0.5, 0.6) is 0 Å². The van der Waals surface area contributed by atoms with Crippen LogP contribution in [0, 0.1) is 0 Å². The quantitative estimate of drug-likeness (QED) is 0.834. The summed E-state index contributed by atoms with van der Waals surface area (Å²) < 4.78 is 0. The number of aliphatic carboxylic acids is 1. The average Bonchev–Trinajstić information content (AvgIpc) is 2.41. The van der Waals surface area contributed by atoms with Crippen molar-refractivity contribution in [3.8, 4) is 0 Å². The van der Waals surface area contributed by atoms with Crippen LogP contribution < -0.4 is 0 Å². The number of carboxylic acid groups (broad SMARTS) is 1. The summed E-state index contributed by atoms with van der Waals surface area (Å²) in [5.74, 6) is -0.647. The molecule has 0 amide bonds. The fraction of sp³-hybridized carbons (Fsp3) is 0.933. The van der Waals surface area contributed by atoms with Crippen molar-refractivity contribution in [1.82, 2.24) is 4.90 Å². The van der Waals surface area contributed by atoms with Crippen LogP contribution in [-0.4, -0.2) is 34.1 Å². The summed E-state index contributed by atoms with van der Waals surface area (Å²) in [6.45, 7) is 1.88. The minimum Gasteiger partial charge on any atom is -0.480 e. The fourth-order valence-electron chi connectivity index (χ4n) is 3.82. The van der Waals surface area contributed by atoms with E-state index < -0.39 is 5.97 Å². The first-order valence-electron chi connectivity index (χ1n) is 7.70. The van der Waals surface area contributed by atoms with Gasteiger partial charge in [0.05, 0.1) is 0 Å². The van der Waals surface area contributed by atoms with Gasteiger partial charge in [-0.25, -0.2) is 0 Å². The summed E-state index contributed by atoms with van der Waals surface area (Å²) in [5.41, 5.74) is 0. The molecule has 0 spiro atoms. The SMILES string of the molecule is C[C@H](C(=O)O)N(C1CCCCC1)C1CCCCC1. The maximum Gasteiger partial charge on any atom is 0.320 e. The lowest BCUT2D eigenvalue weighted by molar-refractivity contribution is -0.145. The van der Waals surface area contributed by atoms with Gasteiger partial charge in [-0.2, -0.15) is 0 Å². The van der Waals surface area contributed by atoms with Gasteiger partial charge in [-0.15, -0.1) is 0 Å². The Morgan fingerprint density at radius 2 is 1.33 bits per heavy atom. The number of carboxylic acids is 1. The van der Waals surface area contributed by atoms with Gasteiger partial charge in [0.15, 0.2) is 0 Å². The molecule has 0 aromatic rings. The van der Waals surface area contributed by atoms with E-state index in [0.717, 1.165) is 0 Å². The molecule has 2 aliphatic rings.